The molecule has 1 fully saturated rings. The molecule has 0 bridgehead atoms. The number of piperidine rings is 1. The lowest BCUT2D eigenvalue weighted by atomic mass is 9.94. The molecule has 28 heavy (non-hydrogen) atoms. The van der Waals surface area contributed by atoms with Crippen molar-refractivity contribution in [2.24, 2.45) is 5.92 Å². The first-order valence-electron chi connectivity index (χ1n) is 8.85. The zero-order valence-electron chi connectivity index (χ0n) is 15.2. The maximum Gasteiger partial charge on any atom is 0.252 e. The number of pyridine rings is 1. The largest absolute Gasteiger partial charge is 0.349 e. The number of aryl methyl sites for hydroxylation is 1. The summed E-state index contributed by atoms with van der Waals surface area (Å²) >= 11 is 0. The number of H-pyrrole nitrogens is 1. The highest BCUT2D eigenvalue weighted by molar-refractivity contribution is 5.85. The van der Waals surface area contributed by atoms with Gasteiger partial charge in [-0.3, -0.25) is 9.59 Å². The normalized spacial score (nSPS) is 22.1. The molecular weight excluding hydrogens is 370 g/mol. The zero-order valence-corrected chi connectivity index (χ0v) is 15.2. The summed E-state index contributed by atoms with van der Waals surface area (Å²) in [5.74, 6) is -1.68. The standard InChI is InChI=1S/C19H18F2N4O3/c1-10-13-5-12(20)2-3-16(13)24-19(27)14(10)6-18(26)23-8-17-15(21)4-11(7-22)9-25(17)28/h2-3,5,11,15,17H,4,6,8-9H2,1H3,(H-,23,24,26,27)/p+1. The average molecular weight is 389 g/mol. The number of carbonyl (C=O) groups excluding carboxylic acids is 1. The third kappa shape index (κ3) is 3.91. The number of nitriles is 1. The SMILES string of the molecule is Cc1c(CC(=O)NCC2C(F)CC(C#N)C[N+]2=O)c(=O)[nH]c2ccc(F)cc12. The second-order valence-corrected chi connectivity index (χ2v) is 6.97. The second-order valence-electron chi connectivity index (χ2n) is 6.97. The van der Waals surface area contributed by atoms with Crippen LogP contribution in [0.3, 0.4) is 0 Å². The molecule has 0 saturated carbocycles. The van der Waals surface area contributed by atoms with Gasteiger partial charge in [0.05, 0.1) is 19.0 Å². The van der Waals surface area contributed by atoms with Crippen LogP contribution in [0.1, 0.15) is 17.5 Å². The Morgan fingerprint density at radius 2 is 2.21 bits per heavy atom. The Bertz CT molecular complexity index is 1040. The Morgan fingerprint density at radius 1 is 1.46 bits per heavy atom. The van der Waals surface area contributed by atoms with Gasteiger partial charge in [0.25, 0.3) is 5.56 Å². The molecule has 0 aliphatic carbocycles. The molecule has 1 aliphatic rings. The summed E-state index contributed by atoms with van der Waals surface area (Å²) in [5.41, 5.74) is 0.663. The average Bonchev–Trinajstić information content (AvgIpc) is 2.65. The van der Waals surface area contributed by atoms with E-state index in [1.54, 1.807) is 6.92 Å². The number of aromatic nitrogens is 1. The molecule has 1 saturated heterocycles. The van der Waals surface area contributed by atoms with Crippen LogP contribution in [0.15, 0.2) is 23.0 Å². The first-order chi connectivity index (χ1) is 13.3. The van der Waals surface area contributed by atoms with Crippen molar-refractivity contribution in [2.75, 3.05) is 13.1 Å². The number of nitrogens with zero attached hydrogens (tertiary/aromatic N) is 2. The highest BCUT2D eigenvalue weighted by Crippen LogP contribution is 2.21. The molecule has 1 amide bonds. The predicted octanol–water partition coefficient (Wildman–Crippen LogP) is 1.66. The fourth-order valence-electron chi connectivity index (χ4n) is 3.48. The number of hydrogen-bond acceptors (Lipinski definition) is 4. The van der Waals surface area contributed by atoms with Gasteiger partial charge in [0, 0.05) is 32.6 Å². The zero-order chi connectivity index (χ0) is 20.4. The Labute approximate surface area is 158 Å². The fourth-order valence-corrected chi connectivity index (χ4v) is 3.48. The van der Waals surface area contributed by atoms with Crippen LogP contribution in [-0.2, 0) is 11.2 Å². The smallest absolute Gasteiger partial charge is 0.252 e. The predicted molar refractivity (Wildman–Crippen MR) is 96.9 cm³/mol. The second kappa shape index (κ2) is 7.84. The number of amides is 1. The number of fused-ring (bicyclic) bond motifs is 1. The van der Waals surface area contributed by atoms with Crippen molar-refractivity contribution >= 4 is 16.8 Å². The molecule has 146 valence electrons. The fraction of sp³-hybridized carbons (Fsp3) is 0.421. The number of hydrogen-bond donors (Lipinski definition) is 2. The molecule has 2 aromatic rings. The summed E-state index contributed by atoms with van der Waals surface area (Å²) in [6, 6.07) is 4.76. The van der Waals surface area contributed by atoms with Gasteiger partial charge in [-0.2, -0.15) is 5.26 Å². The lowest BCUT2D eigenvalue weighted by Crippen LogP contribution is -2.49. The lowest BCUT2D eigenvalue weighted by molar-refractivity contribution is -0.605. The Kier molecular flexibility index (Phi) is 5.49. The summed E-state index contributed by atoms with van der Waals surface area (Å²) in [4.78, 5) is 39.1. The number of alkyl halides is 1. The molecule has 2 N–H and O–H groups in total. The van der Waals surface area contributed by atoms with Gasteiger partial charge in [-0.1, -0.05) is 0 Å². The Balaban J connectivity index is 1.71. The van der Waals surface area contributed by atoms with Crippen LogP contribution in [0.25, 0.3) is 10.9 Å². The highest BCUT2D eigenvalue weighted by atomic mass is 19.1. The van der Waals surface area contributed by atoms with Gasteiger partial charge in [0.2, 0.25) is 18.5 Å². The van der Waals surface area contributed by atoms with Crippen molar-refractivity contribution in [3.63, 3.8) is 0 Å². The van der Waals surface area contributed by atoms with E-state index in [1.165, 1.54) is 18.2 Å². The number of rotatable bonds is 4. The third-order valence-electron chi connectivity index (χ3n) is 5.09. The van der Waals surface area contributed by atoms with Gasteiger partial charge in [-0.05, 0) is 30.7 Å². The Hall–Kier alpha value is -3.15. The number of nitroso groups, excluding NO2 is 1. The quantitative estimate of drug-likeness (QED) is 0.776. The van der Waals surface area contributed by atoms with Crippen molar-refractivity contribution in [3.05, 3.63) is 50.4 Å². The van der Waals surface area contributed by atoms with Crippen LogP contribution >= 0.6 is 0 Å². The molecule has 3 rings (SSSR count). The van der Waals surface area contributed by atoms with Gasteiger partial charge in [-0.15, -0.1) is 0 Å². The number of benzene rings is 1. The molecule has 1 aromatic carbocycles. The van der Waals surface area contributed by atoms with Crippen LogP contribution in [0.4, 0.5) is 8.78 Å². The van der Waals surface area contributed by atoms with Crippen LogP contribution in [0.5, 0.6) is 0 Å². The van der Waals surface area contributed by atoms with Gasteiger partial charge in [0.1, 0.15) is 11.7 Å². The molecule has 7 nitrogen and oxygen atoms in total. The van der Waals surface area contributed by atoms with Crippen molar-refractivity contribution in [2.45, 2.75) is 32.0 Å². The number of carbonyl (C=O) groups is 1. The molecular formula is C19H19F2N4O3+. The molecule has 3 unspecified atom stereocenters. The topological polar surface area (TPSA) is 106 Å². The third-order valence-corrected chi connectivity index (χ3v) is 5.09. The summed E-state index contributed by atoms with van der Waals surface area (Å²) in [7, 11) is 0. The van der Waals surface area contributed by atoms with Crippen molar-refractivity contribution in [1.82, 2.24) is 10.3 Å². The maximum atomic E-state index is 14.1. The summed E-state index contributed by atoms with van der Waals surface area (Å²) in [5, 5.41) is 11.8. The Morgan fingerprint density at radius 3 is 2.89 bits per heavy atom. The first-order valence-corrected chi connectivity index (χ1v) is 8.85. The molecule has 2 heterocycles. The maximum absolute atomic E-state index is 14.1. The highest BCUT2D eigenvalue weighted by Gasteiger charge is 2.43. The van der Waals surface area contributed by atoms with Gasteiger partial charge < -0.3 is 10.3 Å². The minimum absolute atomic E-state index is 0.0508. The van der Waals surface area contributed by atoms with Crippen molar-refractivity contribution in [3.8, 4) is 6.07 Å². The van der Waals surface area contributed by atoms with E-state index in [0.717, 1.165) is 0 Å². The van der Waals surface area contributed by atoms with Crippen LogP contribution in [0, 0.1) is 34.9 Å². The van der Waals surface area contributed by atoms with Crippen molar-refractivity contribution < 1.29 is 18.3 Å². The molecule has 0 radical (unpaired) electrons. The van der Waals surface area contributed by atoms with E-state index in [0.29, 0.717) is 21.2 Å². The van der Waals surface area contributed by atoms with E-state index in [1.807, 2.05) is 6.07 Å². The monoisotopic (exact) mass is 389 g/mol. The van der Waals surface area contributed by atoms with Crippen LogP contribution < -0.4 is 10.9 Å². The van der Waals surface area contributed by atoms with Gasteiger partial charge >= 0.3 is 0 Å². The van der Waals surface area contributed by atoms with Crippen LogP contribution in [0.2, 0.25) is 0 Å². The van der Waals surface area contributed by atoms with E-state index in [-0.39, 0.29) is 31.5 Å². The molecule has 1 aliphatic heterocycles. The lowest BCUT2D eigenvalue weighted by Gasteiger charge is -2.21. The van der Waals surface area contributed by atoms with Gasteiger partial charge in [-0.25, -0.2) is 8.78 Å². The van der Waals surface area contributed by atoms with E-state index >= 15 is 0 Å². The summed E-state index contributed by atoms with van der Waals surface area (Å²) < 4.78 is 28.1. The van der Waals surface area contributed by atoms with E-state index in [4.69, 9.17) is 5.26 Å². The molecule has 0 spiro atoms. The van der Waals surface area contributed by atoms with E-state index in [2.05, 4.69) is 10.3 Å². The molecule has 3 atom stereocenters. The minimum Gasteiger partial charge on any atom is -0.349 e. The van der Waals surface area contributed by atoms with E-state index < -0.39 is 35.4 Å². The first kappa shape index (κ1) is 19.6. The van der Waals surface area contributed by atoms with E-state index in [9.17, 15) is 23.3 Å². The number of nitrogens with one attached hydrogen (secondary N) is 2. The van der Waals surface area contributed by atoms with Crippen molar-refractivity contribution in [1.29, 1.82) is 5.26 Å². The molecule has 1 aromatic heterocycles. The summed E-state index contributed by atoms with van der Waals surface area (Å²) in [6.07, 6.45) is -1.85. The molecule has 9 heteroatoms. The van der Waals surface area contributed by atoms with Crippen LogP contribution in [-0.4, -0.2) is 41.0 Å². The number of halogens is 2. The van der Waals surface area contributed by atoms with Gasteiger partial charge in [0.15, 0.2) is 6.17 Å². The minimum atomic E-state index is -1.52. The summed E-state index contributed by atoms with van der Waals surface area (Å²) in [6.45, 7) is 1.30. The number of aromatic amines is 1.